The molecular weight excluding hydrogens is 100 g/mol. The molecule has 0 amide bonds. The molecule has 1 fully saturated rings. The average Bonchev–Trinajstić information content (AvgIpc) is 2.45. The Labute approximate surface area is 49.7 Å². The first kappa shape index (κ1) is 5.65. The van der Waals surface area contributed by atoms with Crippen LogP contribution in [0, 0.1) is 18.3 Å². The van der Waals surface area contributed by atoms with Crippen molar-refractivity contribution in [1.29, 1.82) is 0 Å². The van der Waals surface area contributed by atoms with Crippen molar-refractivity contribution < 1.29 is 5.11 Å². The molecule has 1 N–H and O–H groups in total. The molecule has 1 saturated carbocycles. The molecule has 1 rings (SSSR count). The van der Waals surface area contributed by atoms with E-state index in [0.717, 1.165) is 0 Å². The zero-order chi connectivity index (χ0) is 5.98. The van der Waals surface area contributed by atoms with Gasteiger partial charge in [-0.15, -0.1) is 12.3 Å². The van der Waals surface area contributed by atoms with E-state index in [1.165, 1.54) is 12.8 Å². The van der Waals surface area contributed by atoms with Crippen LogP contribution >= 0.6 is 0 Å². The van der Waals surface area contributed by atoms with Gasteiger partial charge in [-0.1, -0.05) is 0 Å². The minimum Gasteiger partial charge on any atom is -0.392 e. The molecule has 0 heterocycles. The van der Waals surface area contributed by atoms with Crippen molar-refractivity contribution in [3.05, 3.63) is 0 Å². The largest absolute Gasteiger partial charge is 0.392 e. The lowest BCUT2D eigenvalue weighted by molar-refractivity contribution is 0.157. The highest BCUT2D eigenvalue weighted by molar-refractivity contribution is 4.92. The Balaban J connectivity index is 2.15. The van der Waals surface area contributed by atoms with Crippen LogP contribution < -0.4 is 0 Å². The van der Waals surface area contributed by atoms with Gasteiger partial charge < -0.3 is 5.11 Å². The van der Waals surface area contributed by atoms with E-state index in [4.69, 9.17) is 11.5 Å². The van der Waals surface area contributed by atoms with E-state index in [2.05, 4.69) is 5.92 Å². The van der Waals surface area contributed by atoms with Crippen LogP contribution in [0.5, 0.6) is 0 Å². The standard InChI is InChI=1S/C7H10O/c1-2-3-7(8)6-4-5-6/h1,6-8H,3-5H2. The van der Waals surface area contributed by atoms with Crippen molar-refractivity contribution in [3.8, 4) is 12.3 Å². The lowest BCUT2D eigenvalue weighted by Gasteiger charge is -2.00. The Hall–Kier alpha value is -0.480. The minimum atomic E-state index is -0.208. The summed E-state index contributed by atoms with van der Waals surface area (Å²) in [5, 5.41) is 9.05. The van der Waals surface area contributed by atoms with Gasteiger partial charge in [-0.2, -0.15) is 0 Å². The van der Waals surface area contributed by atoms with E-state index in [1.807, 2.05) is 0 Å². The number of hydrogen-bond donors (Lipinski definition) is 1. The maximum atomic E-state index is 9.05. The van der Waals surface area contributed by atoms with Crippen molar-refractivity contribution in [2.75, 3.05) is 0 Å². The Kier molecular flexibility index (Phi) is 1.55. The molecule has 0 radical (unpaired) electrons. The van der Waals surface area contributed by atoms with Gasteiger partial charge in [-0.05, 0) is 18.8 Å². The van der Waals surface area contributed by atoms with Gasteiger partial charge >= 0.3 is 0 Å². The van der Waals surface area contributed by atoms with Crippen molar-refractivity contribution in [1.82, 2.24) is 0 Å². The van der Waals surface area contributed by atoms with Crippen molar-refractivity contribution in [3.63, 3.8) is 0 Å². The molecular formula is C7H10O. The van der Waals surface area contributed by atoms with Crippen LogP contribution in [-0.2, 0) is 0 Å². The molecule has 1 aliphatic carbocycles. The molecule has 1 nitrogen and oxygen atoms in total. The maximum Gasteiger partial charge on any atom is 0.0677 e. The van der Waals surface area contributed by atoms with E-state index in [9.17, 15) is 0 Å². The highest BCUT2D eigenvalue weighted by Crippen LogP contribution is 2.33. The Morgan fingerprint density at radius 2 is 2.38 bits per heavy atom. The van der Waals surface area contributed by atoms with Gasteiger partial charge in [-0.25, -0.2) is 0 Å². The zero-order valence-corrected chi connectivity index (χ0v) is 4.80. The van der Waals surface area contributed by atoms with Crippen LogP contribution in [0.1, 0.15) is 19.3 Å². The summed E-state index contributed by atoms with van der Waals surface area (Å²) in [5.74, 6) is 2.97. The predicted octanol–water partition coefficient (Wildman–Crippen LogP) is 0.781. The third-order valence-corrected chi connectivity index (χ3v) is 1.49. The molecule has 1 unspecified atom stereocenters. The van der Waals surface area contributed by atoms with Crippen LogP contribution in [0.15, 0.2) is 0 Å². The van der Waals surface area contributed by atoms with Crippen molar-refractivity contribution >= 4 is 0 Å². The predicted molar refractivity (Wildman–Crippen MR) is 32.2 cm³/mol. The third kappa shape index (κ3) is 1.24. The Morgan fingerprint density at radius 3 is 2.75 bits per heavy atom. The average molecular weight is 110 g/mol. The molecule has 0 aromatic rings. The fraction of sp³-hybridized carbons (Fsp3) is 0.714. The minimum absolute atomic E-state index is 0.208. The molecule has 8 heavy (non-hydrogen) atoms. The number of aliphatic hydroxyl groups is 1. The zero-order valence-electron chi connectivity index (χ0n) is 4.80. The molecule has 0 bridgehead atoms. The van der Waals surface area contributed by atoms with E-state index in [-0.39, 0.29) is 6.10 Å². The van der Waals surface area contributed by atoms with E-state index < -0.39 is 0 Å². The number of terminal acetylenes is 1. The van der Waals surface area contributed by atoms with Gasteiger partial charge in [-0.3, -0.25) is 0 Å². The van der Waals surface area contributed by atoms with Gasteiger partial charge in [0.15, 0.2) is 0 Å². The lowest BCUT2D eigenvalue weighted by Crippen LogP contribution is -2.06. The Bertz CT molecular complexity index is 108. The first-order valence-corrected chi connectivity index (χ1v) is 2.96. The van der Waals surface area contributed by atoms with Gasteiger partial charge in [0.2, 0.25) is 0 Å². The summed E-state index contributed by atoms with van der Waals surface area (Å²) < 4.78 is 0. The lowest BCUT2D eigenvalue weighted by atomic mass is 10.2. The molecule has 0 spiro atoms. The fourth-order valence-corrected chi connectivity index (χ4v) is 0.768. The van der Waals surface area contributed by atoms with E-state index in [1.54, 1.807) is 0 Å². The normalized spacial score (nSPS) is 22.0. The van der Waals surface area contributed by atoms with Crippen LogP contribution in [0.2, 0.25) is 0 Å². The first-order valence-electron chi connectivity index (χ1n) is 2.96. The van der Waals surface area contributed by atoms with Gasteiger partial charge in [0, 0.05) is 6.42 Å². The van der Waals surface area contributed by atoms with E-state index in [0.29, 0.717) is 12.3 Å². The molecule has 1 aliphatic rings. The maximum absolute atomic E-state index is 9.05. The second-order valence-electron chi connectivity index (χ2n) is 2.31. The summed E-state index contributed by atoms with van der Waals surface area (Å²) in [6, 6.07) is 0. The number of hydrogen-bond acceptors (Lipinski definition) is 1. The summed E-state index contributed by atoms with van der Waals surface area (Å²) in [6.07, 6.45) is 7.65. The summed E-state index contributed by atoms with van der Waals surface area (Å²) in [7, 11) is 0. The van der Waals surface area contributed by atoms with Crippen molar-refractivity contribution in [2.45, 2.75) is 25.4 Å². The van der Waals surface area contributed by atoms with Crippen LogP contribution in [0.4, 0.5) is 0 Å². The Morgan fingerprint density at radius 1 is 1.75 bits per heavy atom. The smallest absolute Gasteiger partial charge is 0.0677 e. The number of rotatable bonds is 2. The van der Waals surface area contributed by atoms with Crippen LogP contribution in [0.3, 0.4) is 0 Å². The molecule has 1 atom stereocenters. The summed E-state index contributed by atoms with van der Waals surface area (Å²) >= 11 is 0. The molecule has 0 aromatic heterocycles. The second kappa shape index (κ2) is 2.19. The van der Waals surface area contributed by atoms with Crippen molar-refractivity contribution in [2.24, 2.45) is 5.92 Å². The molecule has 0 aliphatic heterocycles. The topological polar surface area (TPSA) is 20.2 Å². The van der Waals surface area contributed by atoms with Crippen LogP contribution in [-0.4, -0.2) is 11.2 Å². The molecule has 0 saturated heterocycles. The first-order chi connectivity index (χ1) is 3.84. The fourth-order valence-electron chi connectivity index (χ4n) is 0.768. The molecule has 44 valence electrons. The summed E-state index contributed by atoms with van der Waals surface area (Å²) in [4.78, 5) is 0. The monoisotopic (exact) mass is 110 g/mol. The highest BCUT2D eigenvalue weighted by Gasteiger charge is 2.28. The highest BCUT2D eigenvalue weighted by atomic mass is 16.3. The summed E-state index contributed by atoms with van der Waals surface area (Å²) in [6.45, 7) is 0. The molecule has 0 aromatic carbocycles. The summed E-state index contributed by atoms with van der Waals surface area (Å²) in [5.41, 5.74) is 0. The van der Waals surface area contributed by atoms with Gasteiger partial charge in [0.1, 0.15) is 0 Å². The van der Waals surface area contributed by atoms with Gasteiger partial charge in [0.05, 0.1) is 6.10 Å². The second-order valence-corrected chi connectivity index (χ2v) is 2.31. The molecule has 1 heteroatoms. The number of aliphatic hydroxyl groups excluding tert-OH is 1. The van der Waals surface area contributed by atoms with Crippen LogP contribution in [0.25, 0.3) is 0 Å². The third-order valence-electron chi connectivity index (χ3n) is 1.49. The SMILES string of the molecule is C#CCC(O)C1CC1. The van der Waals surface area contributed by atoms with Gasteiger partial charge in [0.25, 0.3) is 0 Å². The quantitative estimate of drug-likeness (QED) is 0.521. The van der Waals surface area contributed by atoms with E-state index >= 15 is 0 Å².